The molecule has 7 heteroatoms. The van der Waals surface area contributed by atoms with Crippen molar-refractivity contribution < 1.29 is 0 Å². The van der Waals surface area contributed by atoms with Crippen molar-refractivity contribution >= 4 is 29.9 Å². The molecule has 1 fully saturated rings. The molecule has 1 aromatic heterocycles. The van der Waals surface area contributed by atoms with E-state index >= 15 is 0 Å². The lowest BCUT2D eigenvalue weighted by molar-refractivity contribution is 0.485. The van der Waals surface area contributed by atoms with Gasteiger partial charge in [-0.25, -0.2) is 4.98 Å². The number of hydrogen-bond donors (Lipinski definition) is 1. The highest BCUT2D eigenvalue weighted by Crippen LogP contribution is 2.06. The highest BCUT2D eigenvalue weighted by Gasteiger charge is 2.14. The summed E-state index contributed by atoms with van der Waals surface area (Å²) in [6.07, 6.45) is 5.81. The zero-order valence-corrected chi connectivity index (χ0v) is 12.4. The van der Waals surface area contributed by atoms with Crippen molar-refractivity contribution in [1.82, 2.24) is 25.0 Å². The molecule has 0 spiro atoms. The van der Waals surface area contributed by atoms with Crippen molar-refractivity contribution in [2.24, 2.45) is 4.99 Å². The van der Waals surface area contributed by atoms with Crippen molar-refractivity contribution in [3.05, 3.63) is 12.7 Å². The standard InChI is InChI=1S/C10H18N6.HI/c1-11-10(15-5-2-3-6-15)13-4-7-16-9-12-8-14-16;/h8-9H,2-7H2,1H3,(H,11,13);1H. The van der Waals surface area contributed by atoms with E-state index in [1.165, 1.54) is 12.8 Å². The van der Waals surface area contributed by atoms with Crippen LogP contribution >= 0.6 is 24.0 Å². The Morgan fingerprint density at radius 2 is 2.18 bits per heavy atom. The Balaban J connectivity index is 0.00000144. The summed E-state index contributed by atoms with van der Waals surface area (Å²) >= 11 is 0. The summed E-state index contributed by atoms with van der Waals surface area (Å²) in [5.41, 5.74) is 0. The quantitative estimate of drug-likeness (QED) is 0.492. The van der Waals surface area contributed by atoms with E-state index in [0.717, 1.165) is 32.1 Å². The third kappa shape index (κ3) is 4.14. The van der Waals surface area contributed by atoms with E-state index < -0.39 is 0 Å². The van der Waals surface area contributed by atoms with Gasteiger partial charge in [-0.2, -0.15) is 5.10 Å². The maximum atomic E-state index is 4.28. The van der Waals surface area contributed by atoms with Gasteiger partial charge in [0.05, 0.1) is 6.54 Å². The van der Waals surface area contributed by atoms with Crippen LogP contribution in [0, 0.1) is 0 Å². The van der Waals surface area contributed by atoms with Gasteiger partial charge in [0.2, 0.25) is 0 Å². The fourth-order valence-electron chi connectivity index (χ4n) is 1.89. The van der Waals surface area contributed by atoms with Crippen molar-refractivity contribution in [2.45, 2.75) is 19.4 Å². The molecule has 6 nitrogen and oxygen atoms in total. The molecule has 0 saturated carbocycles. The number of aromatic nitrogens is 3. The summed E-state index contributed by atoms with van der Waals surface area (Å²) in [5.74, 6) is 0.998. The third-order valence-electron chi connectivity index (χ3n) is 2.71. The van der Waals surface area contributed by atoms with E-state index in [2.05, 4.69) is 25.3 Å². The van der Waals surface area contributed by atoms with E-state index in [-0.39, 0.29) is 24.0 Å². The number of rotatable bonds is 3. The number of halogens is 1. The van der Waals surface area contributed by atoms with Crippen molar-refractivity contribution in [3.8, 4) is 0 Å². The molecule has 0 bridgehead atoms. The Bertz CT molecular complexity index is 331. The van der Waals surface area contributed by atoms with Gasteiger partial charge in [-0.05, 0) is 12.8 Å². The number of nitrogens with zero attached hydrogens (tertiary/aromatic N) is 5. The fraction of sp³-hybridized carbons (Fsp3) is 0.700. The molecular weight excluding hydrogens is 331 g/mol. The highest BCUT2D eigenvalue weighted by atomic mass is 127. The minimum atomic E-state index is 0. The summed E-state index contributed by atoms with van der Waals surface area (Å²) in [6.45, 7) is 3.87. The van der Waals surface area contributed by atoms with Gasteiger partial charge in [0.15, 0.2) is 5.96 Å². The van der Waals surface area contributed by atoms with Crippen molar-refractivity contribution in [3.63, 3.8) is 0 Å². The Labute approximate surface area is 119 Å². The first-order valence-electron chi connectivity index (χ1n) is 5.68. The van der Waals surface area contributed by atoms with E-state index in [1.807, 2.05) is 11.7 Å². The second-order valence-corrected chi connectivity index (χ2v) is 3.83. The zero-order valence-electron chi connectivity index (χ0n) is 10.0. The van der Waals surface area contributed by atoms with E-state index in [1.54, 1.807) is 12.7 Å². The van der Waals surface area contributed by atoms with Crippen LogP contribution in [0.5, 0.6) is 0 Å². The minimum absolute atomic E-state index is 0. The van der Waals surface area contributed by atoms with Crippen LogP contribution in [0.25, 0.3) is 0 Å². The predicted molar refractivity (Wildman–Crippen MR) is 77.6 cm³/mol. The van der Waals surface area contributed by atoms with Crippen LogP contribution in [-0.4, -0.2) is 52.3 Å². The first-order valence-corrected chi connectivity index (χ1v) is 5.68. The van der Waals surface area contributed by atoms with Crippen molar-refractivity contribution in [2.75, 3.05) is 26.7 Å². The summed E-state index contributed by atoms with van der Waals surface area (Å²) in [5, 5.41) is 7.39. The first-order chi connectivity index (χ1) is 7.90. The molecule has 96 valence electrons. The molecule has 0 amide bonds. The lowest BCUT2D eigenvalue weighted by Crippen LogP contribution is -2.40. The second kappa shape index (κ2) is 7.46. The maximum absolute atomic E-state index is 4.28. The van der Waals surface area contributed by atoms with Gasteiger partial charge in [-0.3, -0.25) is 9.67 Å². The Morgan fingerprint density at radius 1 is 1.41 bits per heavy atom. The molecule has 1 N–H and O–H groups in total. The summed E-state index contributed by atoms with van der Waals surface area (Å²) in [6, 6.07) is 0. The number of guanidine groups is 1. The van der Waals surface area contributed by atoms with Crippen LogP contribution < -0.4 is 5.32 Å². The maximum Gasteiger partial charge on any atom is 0.193 e. The summed E-state index contributed by atoms with van der Waals surface area (Å²) < 4.78 is 1.81. The molecule has 0 aromatic carbocycles. The van der Waals surface area contributed by atoms with Crippen LogP contribution in [-0.2, 0) is 6.54 Å². The van der Waals surface area contributed by atoms with Gasteiger partial charge >= 0.3 is 0 Å². The summed E-state index contributed by atoms with van der Waals surface area (Å²) in [4.78, 5) is 10.5. The topological polar surface area (TPSA) is 58.3 Å². The third-order valence-corrected chi connectivity index (χ3v) is 2.71. The average Bonchev–Trinajstić information content (AvgIpc) is 2.96. The number of hydrogen-bond acceptors (Lipinski definition) is 3. The Morgan fingerprint density at radius 3 is 2.76 bits per heavy atom. The molecule has 2 heterocycles. The lowest BCUT2D eigenvalue weighted by Gasteiger charge is -2.20. The SMILES string of the molecule is CN=C(NCCn1cncn1)N1CCCC1.I. The van der Waals surface area contributed by atoms with Gasteiger partial charge in [0, 0.05) is 26.7 Å². The molecule has 1 aliphatic rings. The van der Waals surface area contributed by atoms with Crippen LogP contribution in [0.3, 0.4) is 0 Å². The zero-order chi connectivity index (χ0) is 11.2. The fourth-order valence-corrected chi connectivity index (χ4v) is 1.89. The van der Waals surface area contributed by atoms with Crippen LogP contribution in [0.4, 0.5) is 0 Å². The van der Waals surface area contributed by atoms with E-state index in [4.69, 9.17) is 0 Å². The van der Waals surface area contributed by atoms with Gasteiger partial charge in [0.25, 0.3) is 0 Å². The van der Waals surface area contributed by atoms with Gasteiger partial charge in [-0.1, -0.05) is 0 Å². The predicted octanol–water partition coefficient (Wildman–Crippen LogP) is 0.567. The number of aliphatic imine (C=N–C) groups is 1. The summed E-state index contributed by atoms with van der Waals surface area (Å²) in [7, 11) is 1.83. The number of likely N-dealkylation sites (tertiary alicyclic amines) is 1. The van der Waals surface area contributed by atoms with Gasteiger partial charge in [0.1, 0.15) is 12.7 Å². The molecule has 2 rings (SSSR count). The Kier molecular flexibility index (Phi) is 6.23. The van der Waals surface area contributed by atoms with Gasteiger partial charge < -0.3 is 10.2 Å². The molecule has 0 aliphatic carbocycles. The molecule has 0 radical (unpaired) electrons. The van der Waals surface area contributed by atoms with E-state index in [0.29, 0.717) is 0 Å². The second-order valence-electron chi connectivity index (χ2n) is 3.83. The monoisotopic (exact) mass is 350 g/mol. The highest BCUT2D eigenvalue weighted by molar-refractivity contribution is 14.0. The molecule has 17 heavy (non-hydrogen) atoms. The van der Waals surface area contributed by atoms with Crippen molar-refractivity contribution in [1.29, 1.82) is 0 Å². The van der Waals surface area contributed by atoms with E-state index in [9.17, 15) is 0 Å². The molecular formula is C10H19IN6. The minimum Gasteiger partial charge on any atom is -0.354 e. The normalized spacial score (nSPS) is 15.8. The van der Waals surface area contributed by atoms with Crippen LogP contribution in [0.1, 0.15) is 12.8 Å². The molecule has 0 atom stereocenters. The van der Waals surface area contributed by atoms with Gasteiger partial charge in [-0.15, -0.1) is 24.0 Å². The molecule has 1 aliphatic heterocycles. The molecule has 1 aromatic rings. The molecule has 0 unspecified atom stereocenters. The first kappa shape index (κ1) is 14.2. The smallest absolute Gasteiger partial charge is 0.193 e. The van der Waals surface area contributed by atoms with Crippen LogP contribution in [0.2, 0.25) is 0 Å². The average molecular weight is 350 g/mol. The Hall–Kier alpha value is -0.860. The number of nitrogens with one attached hydrogen (secondary N) is 1. The van der Waals surface area contributed by atoms with Crippen LogP contribution in [0.15, 0.2) is 17.6 Å². The largest absolute Gasteiger partial charge is 0.354 e. The lowest BCUT2D eigenvalue weighted by atomic mass is 10.4. The molecule has 1 saturated heterocycles.